The van der Waals surface area contributed by atoms with Crippen molar-refractivity contribution >= 4 is 33.2 Å². The molecule has 5 heteroatoms. The van der Waals surface area contributed by atoms with E-state index in [4.69, 9.17) is 4.74 Å². The molecule has 108 valence electrons. The Morgan fingerprint density at radius 2 is 2.14 bits per heavy atom. The van der Waals surface area contributed by atoms with Crippen LogP contribution < -0.4 is 15.4 Å². The fourth-order valence-electron chi connectivity index (χ4n) is 2.20. The number of ether oxygens (including phenoxy) is 1. The topological polar surface area (TPSA) is 50.4 Å². The highest BCUT2D eigenvalue weighted by molar-refractivity contribution is 9.10. The van der Waals surface area contributed by atoms with Crippen molar-refractivity contribution < 1.29 is 9.53 Å². The lowest BCUT2D eigenvalue weighted by Gasteiger charge is -2.19. The van der Waals surface area contributed by atoms with Gasteiger partial charge in [0.05, 0.1) is 5.69 Å². The minimum atomic E-state index is -0.117. The summed E-state index contributed by atoms with van der Waals surface area (Å²) in [7, 11) is 0. The Kier molecular flexibility index (Phi) is 3.84. The van der Waals surface area contributed by atoms with Crippen molar-refractivity contribution in [2.24, 2.45) is 0 Å². The molecule has 4 nitrogen and oxygen atoms in total. The highest BCUT2D eigenvalue weighted by Crippen LogP contribution is 2.29. The largest absolute Gasteiger partial charge is 0.482 e. The van der Waals surface area contributed by atoms with Crippen LogP contribution in [0.3, 0.4) is 0 Å². The van der Waals surface area contributed by atoms with Gasteiger partial charge < -0.3 is 15.4 Å². The second kappa shape index (κ2) is 5.77. The maximum absolute atomic E-state index is 11.3. The van der Waals surface area contributed by atoms with Gasteiger partial charge in [-0.1, -0.05) is 12.1 Å². The smallest absolute Gasteiger partial charge is 0.262 e. The number of fused-ring (bicyclic) bond motifs is 1. The van der Waals surface area contributed by atoms with Crippen molar-refractivity contribution in [1.82, 2.24) is 0 Å². The fourth-order valence-corrected chi connectivity index (χ4v) is 2.83. The number of nitrogens with one attached hydrogen (secondary N) is 2. The third-order valence-electron chi connectivity index (χ3n) is 3.28. The van der Waals surface area contributed by atoms with E-state index in [0.29, 0.717) is 6.54 Å². The van der Waals surface area contributed by atoms with Crippen LogP contribution >= 0.6 is 15.9 Å². The van der Waals surface area contributed by atoms with Gasteiger partial charge in [-0.15, -0.1) is 0 Å². The first kappa shape index (κ1) is 13.9. The molecule has 0 atom stereocenters. The van der Waals surface area contributed by atoms with E-state index in [1.807, 2.05) is 24.3 Å². The lowest BCUT2D eigenvalue weighted by molar-refractivity contribution is -0.118. The minimum Gasteiger partial charge on any atom is -0.482 e. The molecule has 0 radical (unpaired) electrons. The second-order valence-corrected chi connectivity index (χ2v) is 5.86. The maximum Gasteiger partial charge on any atom is 0.262 e. The van der Waals surface area contributed by atoms with Gasteiger partial charge >= 0.3 is 0 Å². The summed E-state index contributed by atoms with van der Waals surface area (Å²) in [5.41, 5.74) is 4.06. The van der Waals surface area contributed by atoms with Crippen LogP contribution in [0, 0.1) is 6.92 Å². The van der Waals surface area contributed by atoms with Crippen molar-refractivity contribution in [1.29, 1.82) is 0 Å². The molecule has 2 aromatic rings. The van der Waals surface area contributed by atoms with Crippen LogP contribution in [0.25, 0.3) is 0 Å². The van der Waals surface area contributed by atoms with Gasteiger partial charge in [0.15, 0.2) is 6.61 Å². The quantitative estimate of drug-likeness (QED) is 0.890. The number of rotatable bonds is 3. The van der Waals surface area contributed by atoms with Crippen LogP contribution in [0.1, 0.15) is 11.1 Å². The predicted octanol–water partition coefficient (Wildman–Crippen LogP) is 3.70. The average Bonchev–Trinajstić information content (AvgIpc) is 2.46. The number of anilines is 2. The summed E-state index contributed by atoms with van der Waals surface area (Å²) in [5, 5.41) is 6.19. The van der Waals surface area contributed by atoms with Gasteiger partial charge in [-0.3, -0.25) is 4.79 Å². The van der Waals surface area contributed by atoms with Crippen LogP contribution in [-0.2, 0) is 11.3 Å². The molecule has 0 spiro atoms. The Balaban J connectivity index is 1.73. The molecule has 0 unspecified atom stereocenters. The van der Waals surface area contributed by atoms with Crippen LogP contribution in [-0.4, -0.2) is 12.5 Å². The number of amides is 1. The Bertz CT molecular complexity index is 701. The van der Waals surface area contributed by atoms with Crippen molar-refractivity contribution in [3.8, 4) is 5.75 Å². The zero-order valence-corrected chi connectivity index (χ0v) is 13.2. The molecule has 0 bridgehead atoms. The number of halogens is 1. The zero-order chi connectivity index (χ0) is 14.8. The summed E-state index contributed by atoms with van der Waals surface area (Å²) in [6, 6.07) is 12.0. The maximum atomic E-state index is 11.3. The standard InChI is InChI=1S/C16H15BrN2O2/c1-10-2-4-13(12(17)6-10)18-8-11-3-5-15-14(7-11)19-16(20)9-21-15/h2-7,18H,8-9H2,1H3,(H,19,20). The second-order valence-electron chi connectivity index (χ2n) is 5.00. The van der Waals surface area contributed by atoms with E-state index in [9.17, 15) is 4.79 Å². The number of carbonyl (C=O) groups is 1. The van der Waals surface area contributed by atoms with Crippen molar-refractivity contribution in [3.05, 3.63) is 52.0 Å². The molecule has 0 saturated carbocycles. The first-order valence-electron chi connectivity index (χ1n) is 6.67. The third kappa shape index (κ3) is 3.19. The number of carbonyl (C=O) groups excluding carboxylic acids is 1. The Morgan fingerprint density at radius 3 is 2.95 bits per heavy atom. The first-order valence-corrected chi connectivity index (χ1v) is 7.47. The molecule has 1 heterocycles. The zero-order valence-electron chi connectivity index (χ0n) is 11.6. The van der Waals surface area contributed by atoms with E-state index in [1.54, 1.807) is 0 Å². The SMILES string of the molecule is Cc1ccc(NCc2ccc3c(c2)NC(=O)CO3)c(Br)c1. The molecule has 0 saturated heterocycles. The monoisotopic (exact) mass is 346 g/mol. The Labute approximate surface area is 131 Å². The summed E-state index contributed by atoms with van der Waals surface area (Å²) in [4.78, 5) is 11.3. The molecular formula is C16H15BrN2O2. The van der Waals surface area contributed by atoms with E-state index in [-0.39, 0.29) is 12.5 Å². The molecule has 0 aromatic heterocycles. The molecule has 0 fully saturated rings. The van der Waals surface area contributed by atoms with Crippen LogP contribution in [0.2, 0.25) is 0 Å². The fraction of sp³-hybridized carbons (Fsp3) is 0.188. The average molecular weight is 347 g/mol. The predicted molar refractivity (Wildman–Crippen MR) is 86.8 cm³/mol. The third-order valence-corrected chi connectivity index (χ3v) is 3.94. The van der Waals surface area contributed by atoms with Gasteiger partial charge in [0.25, 0.3) is 5.91 Å². The number of aryl methyl sites for hydroxylation is 1. The van der Waals surface area contributed by atoms with Crippen LogP contribution in [0.4, 0.5) is 11.4 Å². The molecule has 1 aliphatic heterocycles. The Morgan fingerprint density at radius 1 is 1.29 bits per heavy atom. The number of hydrogen-bond donors (Lipinski definition) is 2. The van der Waals surface area contributed by atoms with E-state index >= 15 is 0 Å². The van der Waals surface area contributed by atoms with Gasteiger partial charge in [0.2, 0.25) is 0 Å². The van der Waals surface area contributed by atoms with Gasteiger partial charge in [0, 0.05) is 16.7 Å². The lowest BCUT2D eigenvalue weighted by Crippen LogP contribution is -2.25. The number of benzene rings is 2. The minimum absolute atomic E-state index is 0.0842. The summed E-state index contributed by atoms with van der Waals surface area (Å²) < 4.78 is 6.38. The van der Waals surface area contributed by atoms with Crippen LogP contribution in [0.5, 0.6) is 5.75 Å². The summed E-state index contributed by atoms with van der Waals surface area (Å²) in [6.07, 6.45) is 0. The van der Waals surface area contributed by atoms with Gasteiger partial charge in [-0.25, -0.2) is 0 Å². The highest BCUT2D eigenvalue weighted by Gasteiger charge is 2.15. The first-order chi connectivity index (χ1) is 10.1. The normalized spacial score (nSPS) is 13.1. The summed E-state index contributed by atoms with van der Waals surface area (Å²) in [6.45, 7) is 2.81. The van der Waals surface area contributed by atoms with Gasteiger partial charge in [-0.05, 0) is 58.2 Å². The van der Waals surface area contributed by atoms with E-state index in [0.717, 1.165) is 27.2 Å². The molecule has 3 rings (SSSR count). The van der Waals surface area contributed by atoms with E-state index in [2.05, 4.69) is 45.6 Å². The molecule has 1 amide bonds. The van der Waals surface area contributed by atoms with Crippen molar-refractivity contribution in [3.63, 3.8) is 0 Å². The highest BCUT2D eigenvalue weighted by atomic mass is 79.9. The van der Waals surface area contributed by atoms with E-state index < -0.39 is 0 Å². The molecule has 2 N–H and O–H groups in total. The lowest BCUT2D eigenvalue weighted by atomic mass is 10.1. The molecule has 21 heavy (non-hydrogen) atoms. The molecule has 2 aromatic carbocycles. The van der Waals surface area contributed by atoms with Crippen molar-refractivity contribution in [2.75, 3.05) is 17.2 Å². The summed E-state index contributed by atoms with van der Waals surface area (Å²) in [5.74, 6) is 0.601. The summed E-state index contributed by atoms with van der Waals surface area (Å²) >= 11 is 3.55. The molecular weight excluding hydrogens is 332 g/mol. The Hall–Kier alpha value is -2.01. The number of hydrogen-bond acceptors (Lipinski definition) is 3. The van der Waals surface area contributed by atoms with Gasteiger partial charge in [-0.2, -0.15) is 0 Å². The van der Waals surface area contributed by atoms with E-state index in [1.165, 1.54) is 5.56 Å². The van der Waals surface area contributed by atoms with Crippen LogP contribution in [0.15, 0.2) is 40.9 Å². The van der Waals surface area contributed by atoms with Gasteiger partial charge in [0.1, 0.15) is 5.75 Å². The van der Waals surface area contributed by atoms with Crippen molar-refractivity contribution in [2.45, 2.75) is 13.5 Å². The molecule has 0 aliphatic carbocycles. The molecule has 1 aliphatic rings.